The molecule has 0 aliphatic carbocycles. The maximum atomic E-state index is 9.10. The molecule has 7 nitrogen and oxygen atoms in total. The van der Waals surface area contributed by atoms with Gasteiger partial charge in [-0.1, -0.05) is 60.5 Å². The lowest BCUT2D eigenvalue weighted by molar-refractivity contribution is -0.159. The van der Waals surface area contributed by atoms with E-state index < -0.39 is 11.9 Å². The molecular weight excluding hydrogens is 429 g/mol. The summed E-state index contributed by atoms with van der Waals surface area (Å²) in [4.78, 5) is 22.7. The van der Waals surface area contributed by atoms with Crippen LogP contribution in [0.5, 0.6) is 0 Å². The summed E-state index contributed by atoms with van der Waals surface area (Å²) in [7, 11) is 1.98. The second-order valence-electron chi connectivity index (χ2n) is 6.29. The summed E-state index contributed by atoms with van der Waals surface area (Å²) in [5, 5.41) is 19.3. The van der Waals surface area contributed by atoms with Crippen molar-refractivity contribution in [2.75, 3.05) is 5.32 Å². The lowest BCUT2D eigenvalue weighted by Gasteiger charge is -2.09. The van der Waals surface area contributed by atoms with Gasteiger partial charge in [0.05, 0.1) is 21.9 Å². The Morgan fingerprint density at radius 1 is 1.00 bits per heavy atom. The van der Waals surface area contributed by atoms with Gasteiger partial charge in [0.15, 0.2) is 0 Å². The minimum absolute atomic E-state index is 0.542. The zero-order valence-electron chi connectivity index (χ0n) is 16.4. The topological polar surface area (TPSA) is 104 Å². The Morgan fingerprint density at radius 2 is 1.60 bits per heavy atom. The number of imidazole rings is 1. The molecule has 1 heterocycles. The number of aromatic nitrogens is 2. The van der Waals surface area contributed by atoms with E-state index in [1.807, 2.05) is 29.9 Å². The molecule has 0 bridgehead atoms. The Kier molecular flexibility index (Phi) is 8.26. The van der Waals surface area contributed by atoms with Crippen LogP contribution in [0.2, 0.25) is 10.0 Å². The molecular formula is C21H21Cl2N3O4. The molecule has 0 saturated carbocycles. The van der Waals surface area contributed by atoms with Gasteiger partial charge >= 0.3 is 11.9 Å². The van der Waals surface area contributed by atoms with Crippen LogP contribution >= 0.6 is 23.2 Å². The quantitative estimate of drug-likeness (QED) is 0.486. The molecule has 0 saturated heterocycles. The number of nitrogens with one attached hydrogen (secondary N) is 1. The van der Waals surface area contributed by atoms with Crippen LogP contribution in [0.25, 0.3) is 11.3 Å². The van der Waals surface area contributed by atoms with Gasteiger partial charge in [0.1, 0.15) is 0 Å². The number of hydrogen-bond acceptors (Lipinski definition) is 4. The van der Waals surface area contributed by atoms with Crippen LogP contribution in [0, 0.1) is 0 Å². The van der Waals surface area contributed by atoms with Gasteiger partial charge in [-0.2, -0.15) is 0 Å². The molecule has 3 rings (SSSR count). The van der Waals surface area contributed by atoms with Crippen LogP contribution in [0.3, 0.4) is 0 Å². The highest BCUT2D eigenvalue weighted by Gasteiger charge is 2.10. The molecule has 0 spiro atoms. The third-order valence-electron chi connectivity index (χ3n) is 4.27. The van der Waals surface area contributed by atoms with Gasteiger partial charge in [-0.3, -0.25) is 0 Å². The van der Waals surface area contributed by atoms with Crippen molar-refractivity contribution in [2.24, 2.45) is 7.05 Å². The third-order valence-corrected chi connectivity index (χ3v) is 5.01. The van der Waals surface area contributed by atoms with Gasteiger partial charge in [-0.05, 0) is 29.7 Å². The number of benzene rings is 2. The number of carbonyl (C=O) groups is 2. The standard InChI is InChI=1S/C19H19Cl2N3.C2H2O4/c1-3-13-4-6-14(7-5-13)11-22-19-23-12-18(24(19)2)15-8-9-16(20)17(21)10-15;3-1(4)2(5)6/h4-10,12H,3,11H2,1-2H3,(H,22,23);(H,3,4)(H,5,6). The molecule has 1 aromatic heterocycles. The monoisotopic (exact) mass is 449 g/mol. The lowest BCUT2D eigenvalue weighted by atomic mass is 10.1. The van der Waals surface area contributed by atoms with E-state index in [9.17, 15) is 0 Å². The summed E-state index contributed by atoms with van der Waals surface area (Å²) in [6.45, 7) is 2.89. The van der Waals surface area contributed by atoms with Crippen LogP contribution in [0.1, 0.15) is 18.1 Å². The summed E-state index contributed by atoms with van der Waals surface area (Å²) in [5.41, 5.74) is 4.54. The molecule has 0 atom stereocenters. The maximum Gasteiger partial charge on any atom is 0.414 e. The fourth-order valence-electron chi connectivity index (χ4n) is 2.57. The molecule has 2 aromatic carbocycles. The molecule has 9 heteroatoms. The van der Waals surface area contributed by atoms with E-state index in [1.165, 1.54) is 11.1 Å². The van der Waals surface area contributed by atoms with Crippen molar-refractivity contribution >= 4 is 41.1 Å². The Morgan fingerprint density at radius 3 is 2.13 bits per heavy atom. The predicted molar refractivity (Wildman–Crippen MR) is 117 cm³/mol. The van der Waals surface area contributed by atoms with Crippen LogP contribution in [-0.4, -0.2) is 31.7 Å². The normalized spacial score (nSPS) is 10.1. The van der Waals surface area contributed by atoms with E-state index in [1.54, 1.807) is 6.07 Å². The first-order valence-corrected chi connectivity index (χ1v) is 9.73. The van der Waals surface area contributed by atoms with Crippen LogP contribution in [0.4, 0.5) is 5.95 Å². The van der Waals surface area contributed by atoms with Gasteiger partial charge in [-0.25, -0.2) is 14.6 Å². The van der Waals surface area contributed by atoms with E-state index in [4.69, 9.17) is 43.0 Å². The first-order valence-electron chi connectivity index (χ1n) is 8.98. The molecule has 0 aliphatic rings. The van der Waals surface area contributed by atoms with E-state index in [0.29, 0.717) is 10.0 Å². The summed E-state index contributed by atoms with van der Waals surface area (Å²) in [6, 6.07) is 14.2. The highest BCUT2D eigenvalue weighted by molar-refractivity contribution is 6.42. The number of hydrogen-bond donors (Lipinski definition) is 3. The van der Waals surface area contributed by atoms with Gasteiger partial charge in [0, 0.05) is 19.2 Å². The van der Waals surface area contributed by atoms with Crippen LogP contribution in [-0.2, 0) is 29.6 Å². The fraction of sp³-hybridized carbons (Fsp3) is 0.190. The van der Waals surface area contributed by atoms with Gasteiger partial charge < -0.3 is 20.1 Å². The minimum atomic E-state index is -1.82. The number of carboxylic acids is 2. The van der Waals surface area contributed by atoms with Crippen molar-refractivity contribution < 1.29 is 19.8 Å². The van der Waals surface area contributed by atoms with E-state index in [-0.39, 0.29) is 0 Å². The minimum Gasteiger partial charge on any atom is -0.473 e. The Balaban J connectivity index is 0.000000469. The summed E-state index contributed by atoms with van der Waals surface area (Å²) in [6.07, 6.45) is 2.89. The van der Waals surface area contributed by atoms with Crippen molar-refractivity contribution in [3.63, 3.8) is 0 Å². The number of anilines is 1. The average Bonchev–Trinajstić information content (AvgIpc) is 3.09. The predicted octanol–water partition coefficient (Wildman–Crippen LogP) is 4.72. The third kappa shape index (κ3) is 6.23. The molecule has 0 fully saturated rings. The average molecular weight is 450 g/mol. The first kappa shape index (κ1) is 23.3. The van der Waals surface area contributed by atoms with Crippen LogP contribution in [0.15, 0.2) is 48.7 Å². The van der Waals surface area contributed by atoms with Crippen LogP contribution < -0.4 is 5.32 Å². The van der Waals surface area contributed by atoms with E-state index >= 15 is 0 Å². The zero-order chi connectivity index (χ0) is 22.3. The fourth-order valence-corrected chi connectivity index (χ4v) is 2.87. The van der Waals surface area contributed by atoms with Crippen molar-refractivity contribution in [3.8, 4) is 11.3 Å². The summed E-state index contributed by atoms with van der Waals surface area (Å²) in [5.74, 6) is -2.83. The number of rotatable bonds is 5. The first-order chi connectivity index (χ1) is 14.2. The molecule has 0 aliphatic heterocycles. The van der Waals surface area contributed by atoms with Gasteiger partial charge in [0.2, 0.25) is 5.95 Å². The van der Waals surface area contributed by atoms with Crippen molar-refractivity contribution in [1.29, 1.82) is 0 Å². The van der Waals surface area contributed by atoms with Gasteiger partial charge in [0.25, 0.3) is 0 Å². The summed E-state index contributed by atoms with van der Waals surface area (Å²) < 4.78 is 2.01. The Bertz CT molecular complexity index is 1020. The highest BCUT2D eigenvalue weighted by atomic mass is 35.5. The van der Waals surface area contributed by atoms with Crippen molar-refractivity contribution in [1.82, 2.24) is 9.55 Å². The number of aryl methyl sites for hydroxylation is 1. The molecule has 3 N–H and O–H groups in total. The molecule has 3 aromatic rings. The molecule has 158 valence electrons. The second-order valence-corrected chi connectivity index (χ2v) is 7.10. The maximum absolute atomic E-state index is 9.10. The summed E-state index contributed by atoms with van der Waals surface area (Å²) >= 11 is 12.1. The molecule has 0 unspecified atom stereocenters. The Hall–Kier alpha value is -3.03. The largest absolute Gasteiger partial charge is 0.473 e. The van der Waals surface area contributed by atoms with E-state index in [0.717, 1.165) is 30.2 Å². The van der Waals surface area contributed by atoms with Crippen molar-refractivity contribution in [2.45, 2.75) is 19.9 Å². The molecule has 0 radical (unpaired) electrons. The smallest absolute Gasteiger partial charge is 0.414 e. The lowest BCUT2D eigenvalue weighted by Crippen LogP contribution is -2.09. The zero-order valence-corrected chi connectivity index (χ0v) is 17.9. The Labute approximate surface area is 183 Å². The SMILES string of the molecule is CCc1ccc(CNc2ncc(-c3ccc(Cl)c(Cl)c3)n2C)cc1.O=C(O)C(=O)O. The number of carboxylic acid groups (broad SMARTS) is 2. The van der Waals surface area contributed by atoms with E-state index in [2.05, 4.69) is 41.5 Å². The number of aliphatic carboxylic acids is 2. The molecule has 0 amide bonds. The number of halogens is 2. The highest BCUT2D eigenvalue weighted by Crippen LogP contribution is 2.29. The van der Waals surface area contributed by atoms with Crippen molar-refractivity contribution in [3.05, 3.63) is 69.8 Å². The molecule has 30 heavy (non-hydrogen) atoms. The number of nitrogens with zero attached hydrogens (tertiary/aromatic N) is 2. The second kappa shape index (κ2) is 10.7. The van der Waals surface area contributed by atoms with Gasteiger partial charge in [-0.15, -0.1) is 0 Å².